The fraction of sp³-hybridized carbons (Fsp3) is 0.235. The maximum atomic E-state index is 12.8. The molecule has 10 heteroatoms. The van der Waals surface area contributed by atoms with E-state index >= 15 is 0 Å². The van der Waals surface area contributed by atoms with Crippen molar-refractivity contribution in [2.24, 2.45) is 0 Å². The van der Waals surface area contributed by atoms with Crippen LogP contribution in [0.15, 0.2) is 41.3 Å². The summed E-state index contributed by atoms with van der Waals surface area (Å²) in [4.78, 5) is 12.2. The first kappa shape index (κ1) is 21.3. The van der Waals surface area contributed by atoms with Gasteiger partial charge >= 0.3 is 0 Å². The molecule has 2 rings (SSSR count). The van der Waals surface area contributed by atoms with E-state index < -0.39 is 22.5 Å². The summed E-state index contributed by atoms with van der Waals surface area (Å²) >= 11 is 11.8. The SMILES string of the molecule is COc1ccc(Cl)cc1NC(=O)CN(C)S(=O)(=O)c1cc(Cl)ccc1OC. The quantitative estimate of drug-likeness (QED) is 0.725. The predicted octanol–water partition coefficient (Wildman–Crippen LogP) is 3.27. The molecular formula is C17H18Cl2N2O5S. The fourth-order valence-corrected chi connectivity index (χ4v) is 3.99. The molecular weight excluding hydrogens is 415 g/mol. The van der Waals surface area contributed by atoms with Crippen molar-refractivity contribution in [2.75, 3.05) is 33.1 Å². The predicted molar refractivity (Wildman–Crippen MR) is 104 cm³/mol. The Balaban J connectivity index is 2.21. The monoisotopic (exact) mass is 432 g/mol. The van der Waals surface area contributed by atoms with E-state index in [2.05, 4.69) is 5.32 Å². The molecule has 0 atom stereocenters. The number of sulfonamides is 1. The Hall–Kier alpha value is -2.00. The van der Waals surface area contributed by atoms with Gasteiger partial charge in [-0.05, 0) is 36.4 Å². The van der Waals surface area contributed by atoms with E-state index in [9.17, 15) is 13.2 Å². The van der Waals surface area contributed by atoms with E-state index in [-0.39, 0.29) is 15.7 Å². The minimum Gasteiger partial charge on any atom is -0.495 e. The van der Waals surface area contributed by atoms with Crippen LogP contribution in [0.4, 0.5) is 5.69 Å². The van der Waals surface area contributed by atoms with Gasteiger partial charge < -0.3 is 14.8 Å². The third kappa shape index (κ3) is 5.04. The summed E-state index contributed by atoms with van der Waals surface area (Å²) in [6.45, 7) is -0.437. The Morgan fingerprint density at radius 1 is 1.04 bits per heavy atom. The molecule has 7 nitrogen and oxygen atoms in total. The highest BCUT2D eigenvalue weighted by Crippen LogP contribution is 2.30. The summed E-state index contributed by atoms with van der Waals surface area (Å²) in [7, 11) is 0.0655. The molecule has 0 saturated carbocycles. The van der Waals surface area contributed by atoms with Crippen LogP contribution in [0.25, 0.3) is 0 Å². The molecule has 0 bridgehead atoms. The standard InChI is InChI=1S/C17H18Cl2N2O5S/c1-21(27(23,24)16-9-12(19)5-7-15(16)26-3)10-17(22)20-13-8-11(18)4-6-14(13)25-2/h4-9H,10H2,1-3H3,(H,20,22). The van der Waals surface area contributed by atoms with Crippen LogP contribution in [-0.2, 0) is 14.8 Å². The number of amides is 1. The number of anilines is 1. The van der Waals surface area contributed by atoms with E-state index in [1.54, 1.807) is 12.1 Å². The zero-order chi connectivity index (χ0) is 20.2. The number of likely N-dealkylation sites (N-methyl/N-ethyl adjacent to an activating group) is 1. The van der Waals surface area contributed by atoms with Gasteiger partial charge in [0.05, 0.1) is 26.5 Å². The highest BCUT2D eigenvalue weighted by atomic mass is 35.5. The van der Waals surface area contributed by atoms with Gasteiger partial charge in [-0.25, -0.2) is 8.42 Å². The molecule has 1 amide bonds. The summed E-state index contributed by atoms with van der Waals surface area (Å²) in [6, 6.07) is 8.93. The summed E-state index contributed by atoms with van der Waals surface area (Å²) in [5.74, 6) is -0.0411. The van der Waals surface area contributed by atoms with E-state index in [0.717, 1.165) is 4.31 Å². The number of hydrogen-bond acceptors (Lipinski definition) is 5. The lowest BCUT2D eigenvalue weighted by molar-refractivity contribution is -0.116. The van der Waals surface area contributed by atoms with Crippen LogP contribution >= 0.6 is 23.2 Å². The number of nitrogens with zero attached hydrogens (tertiary/aromatic N) is 1. The molecule has 0 heterocycles. The van der Waals surface area contributed by atoms with Crippen LogP contribution in [0, 0.1) is 0 Å². The molecule has 2 aromatic rings. The molecule has 0 aliphatic heterocycles. The second-order valence-corrected chi connectivity index (χ2v) is 8.34. The average molecular weight is 433 g/mol. The number of methoxy groups -OCH3 is 2. The van der Waals surface area contributed by atoms with E-state index in [1.165, 1.54) is 45.5 Å². The van der Waals surface area contributed by atoms with Crippen molar-refractivity contribution in [3.63, 3.8) is 0 Å². The molecule has 0 aliphatic rings. The Labute approximate surface area is 167 Å². The topological polar surface area (TPSA) is 84.9 Å². The number of rotatable bonds is 7. The maximum absolute atomic E-state index is 12.8. The van der Waals surface area contributed by atoms with Gasteiger partial charge in [0.25, 0.3) is 0 Å². The molecule has 0 saturated heterocycles. The molecule has 146 valence electrons. The molecule has 0 unspecified atom stereocenters. The smallest absolute Gasteiger partial charge is 0.247 e. The van der Waals surface area contributed by atoms with Gasteiger partial charge in [0.2, 0.25) is 15.9 Å². The highest BCUT2D eigenvalue weighted by molar-refractivity contribution is 7.89. The Morgan fingerprint density at radius 2 is 1.59 bits per heavy atom. The molecule has 2 aromatic carbocycles. The molecule has 0 aliphatic carbocycles. The molecule has 0 radical (unpaired) electrons. The molecule has 0 aromatic heterocycles. The maximum Gasteiger partial charge on any atom is 0.247 e. The number of hydrogen-bond donors (Lipinski definition) is 1. The zero-order valence-electron chi connectivity index (χ0n) is 14.8. The van der Waals surface area contributed by atoms with Crippen molar-refractivity contribution in [1.29, 1.82) is 0 Å². The molecule has 27 heavy (non-hydrogen) atoms. The summed E-state index contributed by atoms with van der Waals surface area (Å²) in [5.41, 5.74) is 0.334. The minimum atomic E-state index is -4.01. The summed E-state index contributed by atoms with van der Waals surface area (Å²) in [5, 5.41) is 3.22. The first-order valence-corrected chi connectivity index (χ1v) is 9.82. The summed E-state index contributed by atoms with van der Waals surface area (Å²) in [6.07, 6.45) is 0. The van der Waals surface area contributed by atoms with Crippen molar-refractivity contribution in [3.8, 4) is 11.5 Å². The Kier molecular flexibility index (Phi) is 6.94. The summed E-state index contributed by atoms with van der Waals surface area (Å²) < 4.78 is 36.7. The molecule has 1 N–H and O–H groups in total. The van der Waals surface area contributed by atoms with Gasteiger partial charge in [-0.3, -0.25) is 4.79 Å². The third-order valence-electron chi connectivity index (χ3n) is 3.62. The molecule has 0 spiro atoms. The van der Waals surface area contributed by atoms with Crippen LogP contribution in [0.3, 0.4) is 0 Å². The van der Waals surface area contributed by atoms with Crippen LogP contribution in [-0.4, -0.2) is 46.4 Å². The number of carbonyl (C=O) groups excluding carboxylic acids is 1. The van der Waals surface area contributed by atoms with Gasteiger partial charge in [0, 0.05) is 17.1 Å². The Bertz CT molecular complexity index is 950. The average Bonchev–Trinajstić information content (AvgIpc) is 2.61. The molecule has 0 fully saturated rings. The second-order valence-electron chi connectivity index (χ2n) is 5.45. The lowest BCUT2D eigenvalue weighted by Gasteiger charge is -2.19. The van der Waals surface area contributed by atoms with E-state index in [1.807, 2.05) is 0 Å². The van der Waals surface area contributed by atoms with Crippen LogP contribution in [0.5, 0.6) is 11.5 Å². The zero-order valence-corrected chi connectivity index (χ0v) is 17.2. The normalized spacial score (nSPS) is 11.3. The largest absolute Gasteiger partial charge is 0.495 e. The number of nitrogens with one attached hydrogen (secondary N) is 1. The number of benzene rings is 2. The van der Waals surface area contributed by atoms with E-state index in [0.29, 0.717) is 16.5 Å². The fourth-order valence-electron chi connectivity index (χ4n) is 2.27. The van der Waals surface area contributed by atoms with Crippen LogP contribution < -0.4 is 14.8 Å². The number of halogens is 2. The first-order valence-electron chi connectivity index (χ1n) is 7.62. The third-order valence-corrected chi connectivity index (χ3v) is 5.91. The number of ether oxygens (including phenoxy) is 2. The van der Waals surface area contributed by atoms with Gasteiger partial charge in [0.15, 0.2) is 0 Å². The Morgan fingerprint density at radius 3 is 2.19 bits per heavy atom. The van der Waals surface area contributed by atoms with Crippen molar-refractivity contribution >= 4 is 44.8 Å². The van der Waals surface area contributed by atoms with Crippen molar-refractivity contribution in [1.82, 2.24) is 4.31 Å². The number of carbonyl (C=O) groups is 1. The lowest BCUT2D eigenvalue weighted by Crippen LogP contribution is -2.35. The highest BCUT2D eigenvalue weighted by Gasteiger charge is 2.27. The minimum absolute atomic E-state index is 0.128. The first-order chi connectivity index (χ1) is 12.7. The van der Waals surface area contributed by atoms with Gasteiger partial charge in [-0.1, -0.05) is 23.2 Å². The van der Waals surface area contributed by atoms with Crippen LogP contribution in [0.2, 0.25) is 10.0 Å². The van der Waals surface area contributed by atoms with Gasteiger partial charge in [0.1, 0.15) is 16.4 Å². The van der Waals surface area contributed by atoms with Crippen molar-refractivity contribution in [3.05, 3.63) is 46.4 Å². The van der Waals surface area contributed by atoms with Gasteiger partial charge in [-0.2, -0.15) is 4.31 Å². The lowest BCUT2D eigenvalue weighted by atomic mass is 10.3. The van der Waals surface area contributed by atoms with Gasteiger partial charge in [-0.15, -0.1) is 0 Å². The van der Waals surface area contributed by atoms with Crippen LogP contribution in [0.1, 0.15) is 0 Å². The second kappa shape index (κ2) is 8.79. The van der Waals surface area contributed by atoms with E-state index in [4.69, 9.17) is 32.7 Å². The van der Waals surface area contributed by atoms with Crippen molar-refractivity contribution < 1.29 is 22.7 Å². The van der Waals surface area contributed by atoms with Crippen molar-refractivity contribution in [2.45, 2.75) is 4.90 Å².